The van der Waals surface area contributed by atoms with Gasteiger partial charge in [0.1, 0.15) is 12.0 Å². The highest BCUT2D eigenvalue weighted by Gasteiger charge is 2.18. The summed E-state index contributed by atoms with van der Waals surface area (Å²) < 4.78 is 27.0. The van der Waals surface area contributed by atoms with Gasteiger partial charge in [0.15, 0.2) is 0 Å². The summed E-state index contributed by atoms with van der Waals surface area (Å²) in [7, 11) is -3.54. The smallest absolute Gasteiger partial charge is 0.290 e. The lowest BCUT2D eigenvalue weighted by Crippen LogP contribution is -2.29. The summed E-state index contributed by atoms with van der Waals surface area (Å²) in [4.78, 5) is 16.2. The van der Waals surface area contributed by atoms with Crippen LogP contribution in [0.3, 0.4) is 0 Å². The fraction of sp³-hybridized carbons (Fsp3) is 0.357. The number of sulfonamides is 1. The average Bonchev–Trinajstić information content (AvgIpc) is 2.83. The molecular formula is C14H18N4O4S2. The Morgan fingerprint density at radius 3 is 2.50 bits per heavy atom. The zero-order valence-electron chi connectivity index (χ0n) is 13.5. The molecule has 0 saturated heterocycles. The quantitative estimate of drug-likeness (QED) is 0.439. The highest BCUT2D eigenvalue weighted by molar-refractivity contribution is 7.89. The number of nitrogens with zero attached hydrogens (tertiary/aromatic N) is 2. The van der Waals surface area contributed by atoms with Crippen LogP contribution in [0.5, 0.6) is 0 Å². The third-order valence-corrected chi connectivity index (χ3v) is 5.97. The largest absolute Gasteiger partial charge is 0.369 e. The molecule has 0 radical (unpaired) electrons. The van der Waals surface area contributed by atoms with Crippen molar-refractivity contribution in [2.45, 2.75) is 25.7 Å². The first-order chi connectivity index (χ1) is 11.2. The molecule has 0 unspecified atom stereocenters. The minimum Gasteiger partial charge on any atom is -0.369 e. The SMILES string of the molecule is Cc1cc(S(=O)(=O)NCCNc2cc(C)c([N+](=O)[O-])cn2)c(C)s1. The molecule has 0 bridgehead atoms. The monoisotopic (exact) mass is 370 g/mol. The number of thiophene rings is 1. The molecular weight excluding hydrogens is 352 g/mol. The van der Waals surface area contributed by atoms with E-state index in [1.807, 2.05) is 6.92 Å². The Morgan fingerprint density at radius 1 is 1.25 bits per heavy atom. The third kappa shape index (κ3) is 4.28. The average molecular weight is 370 g/mol. The lowest BCUT2D eigenvalue weighted by molar-refractivity contribution is -0.385. The van der Waals surface area contributed by atoms with Gasteiger partial charge < -0.3 is 5.32 Å². The second-order valence-electron chi connectivity index (χ2n) is 5.22. The first kappa shape index (κ1) is 18.3. The van der Waals surface area contributed by atoms with Crippen LogP contribution in [-0.4, -0.2) is 31.4 Å². The molecule has 0 saturated carbocycles. The van der Waals surface area contributed by atoms with Crippen molar-refractivity contribution in [2.75, 3.05) is 18.4 Å². The summed E-state index contributed by atoms with van der Waals surface area (Å²) in [5.74, 6) is 0.458. The molecule has 0 amide bonds. The predicted molar refractivity (Wildman–Crippen MR) is 93.1 cm³/mol. The van der Waals surface area contributed by atoms with Crippen molar-refractivity contribution >= 4 is 32.9 Å². The molecule has 0 atom stereocenters. The Hall–Kier alpha value is -2.04. The molecule has 2 aromatic heterocycles. The second kappa shape index (κ2) is 7.24. The van der Waals surface area contributed by atoms with Crippen LogP contribution >= 0.6 is 11.3 Å². The molecule has 2 rings (SSSR count). The van der Waals surface area contributed by atoms with Crippen molar-refractivity contribution < 1.29 is 13.3 Å². The Labute approximate surface area is 144 Å². The minimum atomic E-state index is -3.54. The molecule has 0 spiro atoms. The highest BCUT2D eigenvalue weighted by Crippen LogP contribution is 2.24. The normalized spacial score (nSPS) is 11.5. The highest BCUT2D eigenvalue weighted by atomic mass is 32.2. The van der Waals surface area contributed by atoms with Gasteiger partial charge in [0.05, 0.1) is 9.82 Å². The molecule has 0 aliphatic heterocycles. The van der Waals surface area contributed by atoms with Crippen molar-refractivity contribution in [3.63, 3.8) is 0 Å². The maximum absolute atomic E-state index is 12.2. The van der Waals surface area contributed by atoms with Crippen LogP contribution in [0.25, 0.3) is 0 Å². The Morgan fingerprint density at radius 2 is 1.96 bits per heavy atom. The lowest BCUT2D eigenvalue weighted by atomic mass is 10.2. The van der Waals surface area contributed by atoms with E-state index in [-0.39, 0.29) is 12.2 Å². The summed E-state index contributed by atoms with van der Waals surface area (Å²) in [6.45, 7) is 5.74. The summed E-state index contributed by atoms with van der Waals surface area (Å²) in [6, 6.07) is 3.20. The van der Waals surface area contributed by atoms with Crippen LogP contribution < -0.4 is 10.0 Å². The van der Waals surface area contributed by atoms with Gasteiger partial charge in [-0.1, -0.05) is 0 Å². The van der Waals surface area contributed by atoms with Gasteiger partial charge in [0.25, 0.3) is 5.69 Å². The van der Waals surface area contributed by atoms with E-state index < -0.39 is 14.9 Å². The number of nitro groups is 1. The second-order valence-corrected chi connectivity index (χ2v) is 8.41. The summed E-state index contributed by atoms with van der Waals surface area (Å²) >= 11 is 1.44. The maximum atomic E-state index is 12.2. The van der Waals surface area contributed by atoms with Crippen molar-refractivity contribution in [3.05, 3.63) is 43.8 Å². The van der Waals surface area contributed by atoms with E-state index in [1.54, 1.807) is 26.0 Å². The first-order valence-corrected chi connectivity index (χ1v) is 9.42. The summed E-state index contributed by atoms with van der Waals surface area (Å²) in [6.07, 6.45) is 1.18. The number of rotatable bonds is 7. The van der Waals surface area contributed by atoms with Gasteiger partial charge >= 0.3 is 0 Å². The van der Waals surface area contributed by atoms with Gasteiger partial charge in [-0.3, -0.25) is 10.1 Å². The fourth-order valence-electron chi connectivity index (χ4n) is 2.16. The lowest BCUT2D eigenvalue weighted by Gasteiger charge is -2.08. The molecule has 130 valence electrons. The number of aryl methyl sites for hydroxylation is 3. The van der Waals surface area contributed by atoms with Crippen molar-refractivity contribution in [3.8, 4) is 0 Å². The van der Waals surface area contributed by atoms with Crippen molar-refractivity contribution in [1.29, 1.82) is 0 Å². The Balaban J connectivity index is 1.92. The van der Waals surface area contributed by atoms with Gasteiger partial charge in [0.2, 0.25) is 10.0 Å². The van der Waals surface area contributed by atoms with Gasteiger partial charge in [-0.25, -0.2) is 18.1 Å². The standard InChI is InChI=1S/C14H18N4O4S2/c1-9-6-14(16-8-12(9)18(19)20)15-4-5-17-24(21,22)13-7-10(2)23-11(13)3/h6-8,17H,4-5H2,1-3H3,(H,15,16). The fourth-order valence-corrected chi connectivity index (χ4v) is 4.75. The molecule has 2 N–H and O–H groups in total. The van der Waals surface area contributed by atoms with Crippen molar-refractivity contribution in [1.82, 2.24) is 9.71 Å². The van der Waals surface area contributed by atoms with E-state index >= 15 is 0 Å². The van der Waals surface area contributed by atoms with Crippen LogP contribution in [0.4, 0.5) is 11.5 Å². The van der Waals surface area contributed by atoms with E-state index in [0.29, 0.717) is 22.8 Å². The van der Waals surface area contributed by atoms with E-state index in [1.165, 1.54) is 17.5 Å². The van der Waals surface area contributed by atoms with Crippen LogP contribution in [0, 0.1) is 30.9 Å². The number of aromatic nitrogens is 1. The molecule has 0 aliphatic rings. The van der Waals surface area contributed by atoms with E-state index in [0.717, 1.165) is 9.75 Å². The Kier molecular flexibility index (Phi) is 5.52. The third-order valence-electron chi connectivity index (χ3n) is 3.29. The van der Waals surface area contributed by atoms with Crippen molar-refractivity contribution in [2.24, 2.45) is 0 Å². The van der Waals surface area contributed by atoms with E-state index in [9.17, 15) is 18.5 Å². The van der Waals surface area contributed by atoms with Gasteiger partial charge in [-0.2, -0.15) is 0 Å². The molecule has 2 aromatic rings. The molecule has 0 aliphatic carbocycles. The van der Waals surface area contributed by atoms with Gasteiger partial charge in [0, 0.05) is 28.4 Å². The number of pyridine rings is 1. The molecule has 0 fully saturated rings. The van der Waals surface area contributed by atoms with Crippen LogP contribution in [0.1, 0.15) is 15.3 Å². The molecule has 2 heterocycles. The molecule has 24 heavy (non-hydrogen) atoms. The molecule has 8 nitrogen and oxygen atoms in total. The van der Waals surface area contributed by atoms with Crippen LogP contribution in [-0.2, 0) is 10.0 Å². The topological polar surface area (TPSA) is 114 Å². The molecule has 10 heteroatoms. The van der Waals surface area contributed by atoms with Crippen LogP contribution in [0.15, 0.2) is 23.2 Å². The first-order valence-electron chi connectivity index (χ1n) is 7.12. The molecule has 0 aromatic carbocycles. The predicted octanol–water partition coefficient (Wildman–Crippen LogP) is 2.37. The van der Waals surface area contributed by atoms with Gasteiger partial charge in [-0.05, 0) is 32.9 Å². The number of hydrogen-bond acceptors (Lipinski definition) is 7. The van der Waals surface area contributed by atoms with E-state index in [4.69, 9.17) is 0 Å². The van der Waals surface area contributed by atoms with Crippen LogP contribution in [0.2, 0.25) is 0 Å². The number of hydrogen-bond donors (Lipinski definition) is 2. The number of nitrogens with one attached hydrogen (secondary N) is 2. The zero-order chi connectivity index (χ0) is 17.9. The van der Waals surface area contributed by atoms with Gasteiger partial charge in [-0.15, -0.1) is 11.3 Å². The minimum absolute atomic E-state index is 0.0513. The maximum Gasteiger partial charge on any atom is 0.290 e. The number of anilines is 1. The van der Waals surface area contributed by atoms with E-state index in [2.05, 4.69) is 15.0 Å². The summed E-state index contributed by atoms with van der Waals surface area (Å²) in [5, 5.41) is 13.7. The summed E-state index contributed by atoms with van der Waals surface area (Å²) in [5.41, 5.74) is 0.437. The zero-order valence-corrected chi connectivity index (χ0v) is 15.1. The Bertz CT molecular complexity index is 862.